The van der Waals surface area contributed by atoms with Gasteiger partial charge in [0.15, 0.2) is 0 Å². The first-order valence-electron chi connectivity index (χ1n) is 3.94. The molecule has 0 unspecified atom stereocenters. The summed E-state index contributed by atoms with van der Waals surface area (Å²) in [7, 11) is 0. The molecule has 13 heavy (non-hydrogen) atoms. The van der Waals surface area contributed by atoms with Gasteiger partial charge in [-0.2, -0.15) is 0 Å². The monoisotopic (exact) mass is 180 g/mol. The zero-order chi connectivity index (χ0) is 9.90. The number of rotatable bonds is 4. The van der Waals surface area contributed by atoms with E-state index in [1.165, 1.54) is 0 Å². The van der Waals surface area contributed by atoms with Gasteiger partial charge in [0.05, 0.1) is 13.2 Å². The predicted octanol–water partition coefficient (Wildman–Crippen LogP) is 1.39. The summed E-state index contributed by atoms with van der Waals surface area (Å²) in [4.78, 5) is 11.0. The number of aliphatic carboxylic acids is 1. The van der Waals surface area contributed by atoms with Crippen molar-refractivity contribution in [2.75, 3.05) is 13.2 Å². The molecule has 0 spiro atoms. The fourth-order valence-corrected chi connectivity index (χ4v) is 1.27. The van der Waals surface area contributed by atoms with E-state index in [2.05, 4.69) is 13.2 Å². The molecule has 1 aliphatic heterocycles. The second-order valence-corrected chi connectivity index (χ2v) is 2.94. The molecule has 0 bridgehead atoms. The van der Waals surface area contributed by atoms with E-state index in [1.54, 1.807) is 18.2 Å². The van der Waals surface area contributed by atoms with Crippen molar-refractivity contribution in [3.63, 3.8) is 0 Å². The van der Waals surface area contributed by atoms with E-state index in [-0.39, 0.29) is 13.2 Å². The first-order chi connectivity index (χ1) is 6.17. The molecule has 1 saturated heterocycles. The highest BCUT2D eigenvalue weighted by Crippen LogP contribution is 2.36. The van der Waals surface area contributed by atoms with Crippen LogP contribution in [0, 0.1) is 5.41 Å². The molecule has 0 amide bonds. The zero-order valence-corrected chi connectivity index (χ0v) is 7.32. The topological polar surface area (TPSA) is 46.5 Å². The van der Waals surface area contributed by atoms with Gasteiger partial charge in [-0.15, -0.1) is 0 Å². The number of carboxylic acid groups (broad SMARTS) is 1. The Labute approximate surface area is 77.0 Å². The molecule has 70 valence electrons. The quantitative estimate of drug-likeness (QED) is 0.665. The molecule has 1 rings (SSSR count). The van der Waals surface area contributed by atoms with Gasteiger partial charge in [0.2, 0.25) is 0 Å². The lowest BCUT2D eigenvalue weighted by Gasteiger charge is -2.38. The molecule has 0 aromatic rings. The van der Waals surface area contributed by atoms with Gasteiger partial charge in [0.25, 0.3) is 0 Å². The van der Waals surface area contributed by atoms with Crippen LogP contribution < -0.4 is 0 Å². The average Bonchev–Trinajstić information content (AvgIpc) is 2.00. The number of hydrogen-bond acceptors (Lipinski definition) is 2. The molecule has 0 radical (unpaired) electrons. The Morgan fingerprint density at radius 2 is 2.08 bits per heavy atom. The average molecular weight is 180 g/mol. The van der Waals surface area contributed by atoms with Crippen molar-refractivity contribution >= 4 is 5.97 Å². The molecule has 1 heterocycles. The lowest BCUT2D eigenvalue weighted by atomic mass is 9.78. The number of ether oxygens (including phenoxy) is 1. The number of carboxylic acids is 1. The number of allylic oxidation sites excluding steroid dienone is 3. The molecule has 3 heteroatoms. The summed E-state index contributed by atoms with van der Waals surface area (Å²) in [6.07, 6.45) is 4.75. The summed E-state index contributed by atoms with van der Waals surface area (Å²) >= 11 is 0. The van der Waals surface area contributed by atoms with Crippen LogP contribution in [-0.4, -0.2) is 24.3 Å². The highest BCUT2D eigenvalue weighted by molar-refractivity contribution is 5.81. The Kier molecular flexibility index (Phi) is 2.68. The van der Waals surface area contributed by atoms with Crippen molar-refractivity contribution in [1.82, 2.24) is 0 Å². The summed E-state index contributed by atoms with van der Waals surface area (Å²) in [5.74, 6) is -0.869. The van der Waals surface area contributed by atoms with Crippen LogP contribution in [0.4, 0.5) is 0 Å². The third kappa shape index (κ3) is 1.42. The van der Waals surface area contributed by atoms with Gasteiger partial charge in [-0.3, -0.25) is 4.79 Å². The normalized spacial score (nSPS) is 20.2. The van der Waals surface area contributed by atoms with Crippen LogP contribution in [0.5, 0.6) is 0 Å². The molecule has 1 N–H and O–H groups in total. The van der Waals surface area contributed by atoms with Crippen molar-refractivity contribution < 1.29 is 14.6 Å². The van der Waals surface area contributed by atoms with E-state index in [0.717, 1.165) is 0 Å². The van der Waals surface area contributed by atoms with Crippen molar-refractivity contribution in [3.8, 4) is 0 Å². The van der Waals surface area contributed by atoms with Gasteiger partial charge in [-0.25, -0.2) is 0 Å². The fourth-order valence-electron chi connectivity index (χ4n) is 1.27. The van der Waals surface area contributed by atoms with Gasteiger partial charge < -0.3 is 9.84 Å². The molecule has 0 aromatic carbocycles. The smallest absolute Gasteiger partial charge is 0.318 e. The first-order valence-corrected chi connectivity index (χ1v) is 3.94. The van der Waals surface area contributed by atoms with E-state index < -0.39 is 11.4 Å². The molecule has 3 nitrogen and oxygen atoms in total. The lowest BCUT2D eigenvalue weighted by molar-refractivity contribution is -0.170. The Bertz CT molecular complexity index is 272. The lowest BCUT2D eigenvalue weighted by Crippen LogP contribution is -2.50. The molecule has 1 fully saturated rings. The largest absolute Gasteiger partial charge is 0.480 e. The minimum Gasteiger partial charge on any atom is -0.480 e. The maximum Gasteiger partial charge on any atom is 0.318 e. The third-order valence-corrected chi connectivity index (χ3v) is 2.18. The van der Waals surface area contributed by atoms with E-state index in [9.17, 15) is 4.79 Å². The Hall–Kier alpha value is -1.35. The van der Waals surface area contributed by atoms with Crippen LogP contribution in [0.3, 0.4) is 0 Å². The Morgan fingerprint density at radius 1 is 1.46 bits per heavy atom. The Balaban J connectivity index is 2.99. The van der Waals surface area contributed by atoms with Gasteiger partial charge in [0, 0.05) is 0 Å². The molecule has 1 aliphatic rings. The van der Waals surface area contributed by atoms with Crippen LogP contribution in [-0.2, 0) is 9.53 Å². The standard InChI is InChI=1S/C10H12O3/c1-3-5-8(4-2)10(9(11)12)6-13-7-10/h3-5H,1-2,6-7H2,(H,11,12)/b8-5+. The van der Waals surface area contributed by atoms with Crippen LogP contribution in [0.2, 0.25) is 0 Å². The minimum absolute atomic E-state index is 0.216. The molecular formula is C10H12O3. The molecule has 0 aliphatic carbocycles. The van der Waals surface area contributed by atoms with E-state index in [4.69, 9.17) is 9.84 Å². The number of hydrogen-bond donors (Lipinski definition) is 1. The van der Waals surface area contributed by atoms with E-state index in [0.29, 0.717) is 5.57 Å². The summed E-state index contributed by atoms with van der Waals surface area (Å²) < 4.78 is 4.92. The van der Waals surface area contributed by atoms with Crippen LogP contribution in [0.1, 0.15) is 0 Å². The van der Waals surface area contributed by atoms with Crippen molar-refractivity contribution in [1.29, 1.82) is 0 Å². The third-order valence-electron chi connectivity index (χ3n) is 2.18. The SMILES string of the molecule is C=C/C=C(\C=C)C1(C(=O)O)COC1. The Morgan fingerprint density at radius 3 is 2.31 bits per heavy atom. The molecule has 0 atom stereocenters. The molecule has 0 aromatic heterocycles. The van der Waals surface area contributed by atoms with Gasteiger partial charge in [-0.05, 0) is 5.57 Å². The van der Waals surface area contributed by atoms with Crippen LogP contribution >= 0.6 is 0 Å². The predicted molar refractivity (Wildman–Crippen MR) is 49.4 cm³/mol. The number of carbonyl (C=O) groups is 1. The molecule has 0 saturated carbocycles. The second kappa shape index (κ2) is 3.58. The summed E-state index contributed by atoms with van der Waals surface area (Å²) in [6, 6.07) is 0. The summed E-state index contributed by atoms with van der Waals surface area (Å²) in [5.41, 5.74) is -0.239. The summed E-state index contributed by atoms with van der Waals surface area (Å²) in [6.45, 7) is 7.53. The van der Waals surface area contributed by atoms with Crippen molar-refractivity contribution in [2.24, 2.45) is 5.41 Å². The summed E-state index contributed by atoms with van der Waals surface area (Å²) in [5, 5.41) is 9.01. The van der Waals surface area contributed by atoms with Crippen molar-refractivity contribution in [2.45, 2.75) is 0 Å². The van der Waals surface area contributed by atoms with E-state index >= 15 is 0 Å². The van der Waals surface area contributed by atoms with E-state index in [1.807, 2.05) is 0 Å². The highest BCUT2D eigenvalue weighted by Gasteiger charge is 2.48. The van der Waals surface area contributed by atoms with Gasteiger partial charge in [-0.1, -0.05) is 31.4 Å². The van der Waals surface area contributed by atoms with Gasteiger partial charge >= 0.3 is 5.97 Å². The minimum atomic E-state index is -0.893. The van der Waals surface area contributed by atoms with Crippen molar-refractivity contribution in [3.05, 3.63) is 37.0 Å². The first kappa shape index (κ1) is 9.74. The van der Waals surface area contributed by atoms with Crippen LogP contribution in [0.25, 0.3) is 0 Å². The highest BCUT2D eigenvalue weighted by atomic mass is 16.5. The maximum absolute atomic E-state index is 11.0. The van der Waals surface area contributed by atoms with Crippen LogP contribution in [0.15, 0.2) is 37.0 Å². The maximum atomic E-state index is 11.0. The second-order valence-electron chi connectivity index (χ2n) is 2.94. The zero-order valence-electron chi connectivity index (χ0n) is 7.32. The molecular weight excluding hydrogens is 168 g/mol. The fraction of sp³-hybridized carbons (Fsp3) is 0.300. The van der Waals surface area contributed by atoms with Gasteiger partial charge in [0.1, 0.15) is 5.41 Å².